The van der Waals surface area contributed by atoms with E-state index in [1.807, 2.05) is 26.0 Å². The third kappa shape index (κ3) is 2.98. The molecule has 2 rings (SSSR count). The molecule has 0 aliphatic heterocycles. The van der Waals surface area contributed by atoms with Crippen molar-refractivity contribution >= 4 is 5.78 Å². The van der Waals surface area contributed by atoms with Crippen LogP contribution in [0.15, 0.2) is 12.1 Å². The van der Waals surface area contributed by atoms with Crippen molar-refractivity contribution in [2.45, 2.75) is 46.5 Å². The summed E-state index contributed by atoms with van der Waals surface area (Å²) in [7, 11) is 1.66. The number of hydrogen-bond acceptors (Lipinski definition) is 3. The van der Waals surface area contributed by atoms with E-state index in [1.165, 1.54) is 0 Å². The zero-order valence-corrected chi connectivity index (χ0v) is 13.7. The zero-order chi connectivity index (χ0) is 15.6. The number of ketones is 1. The van der Waals surface area contributed by atoms with Crippen molar-refractivity contribution in [1.82, 2.24) is 0 Å². The lowest BCUT2D eigenvalue weighted by molar-refractivity contribution is 0.0694. The van der Waals surface area contributed by atoms with Crippen LogP contribution < -0.4 is 10.5 Å². The van der Waals surface area contributed by atoms with E-state index in [9.17, 15) is 4.79 Å². The van der Waals surface area contributed by atoms with Crippen LogP contribution in [0.5, 0.6) is 5.75 Å². The fourth-order valence-electron chi connectivity index (χ4n) is 3.38. The van der Waals surface area contributed by atoms with Crippen molar-refractivity contribution in [3.63, 3.8) is 0 Å². The van der Waals surface area contributed by atoms with Gasteiger partial charge in [0.1, 0.15) is 5.75 Å². The summed E-state index contributed by atoms with van der Waals surface area (Å²) in [5, 5.41) is 0. The minimum atomic E-state index is -0.363. The number of Topliss-reactive ketones (excluding diaryl/α,β-unsaturated/α-hetero) is 1. The summed E-state index contributed by atoms with van der Waals surface area (Å²) in [5.74, 6) is 1.76. The van der Waals surface area contributed by atoms with E-state index in [2.05, 4.69) is 6.92 Å². The molecule has 0 atom stereocenters. The number of methoxy groups -OCH3 is 1. The molecule has 0 saturated heterocycles. The number of rotatable bonds is 4. The van der Waals surface area contributed by atoms with Crippen LogP contribution in [-0.4, -0.2) is 19.4 Å². The quantitative estimate of drug-likeness (QED) is 0.861. The Balaban J connectivity index is 2.36. The maximum atomic E-state index is 13.1. The summed E-state index contributed by atoms with van der Waals surface area (Å²) in [6, 6.07) is 3.92. The van der Waals surface area contributed by atoms with E-state index >= 15 is 0 Å². The van der Waals surface area contributed by atoms with Gasteiger partial charge in [-0.3, -0.25) is 4.79 Å². The van der Waals surface area contributed by atoms with Crippen molar-refractivity contribution in [2.24, 2.45) is 17.1 Å². The summed E-state index contributed by atoms with van der Waals surface area (Å²) in [5.41, 5.74) is 8.45. The van der Waals surface area contributed by atoms with Gasteiger partial charge in [-0.2, -0.15) is 0 Å². The second kappa shape index (κ2) is 6.18. The van der Waals surface area contributed by atoms with Gasteiger partial charge in [-0.15, -0.1) is 0 Å². The molecule has 1 fully saturated rings. The molecule has 1 aromatic rings. The highest BCUT2D eigenvalue weighted by molar-refractivity contribution is 6.02. The van der Waals surface area contributed by atoms with Crippen molar-refractivity contribution in [2.75, 3.05) is 13.7 Å². The van der Waals surface area contributed by atoms with Crippen LogP contribution >= 0.6 is 0 Å². The van der Waals surface area contributed by atoms with Gasteiger partial charge in [-0.1, -0.05) is 6.92 Å². The lowest BCUT2D eigenvalue weighted by atomic mass is 9.66. The molecule has 1 aromatic carbocycles. The second-order valence-corrected chi connectivity index (χ2v) is 6.63. The van der Waals surface area contributed by atoms with Gasteiger partial charge in [0.15, 0.2) is 5.78 Å². The number of hydrogen-bond donors (Lipinski definition) is 1. The van der Waals surface area contributed by atoms with Gasteiger partial charge in [0.05, 0.1) is 7.11 Å². The molecule has 0 bridgehead atoms. The smallest absolute Gasteiger partial charge is 0.170 e. The molecule has 0 aromatic heterocycles. The monoisotopic (exact) mass is 289 g/mol. The molecule has 3 heteroatoms. The molecule has 0 radical (unpaired) electrons. The molecule has 116 valence electrons. The number of benzene rings is 1. The van der Waals surface area contributed by atoms with E-state index in [0.717, 1.165) is 48.1 Å². The van der Waals surface area contributed by atoms with Crippen LogP contribution in [0.4, 0.5) is 0 Å². The normalized spacial score (nSPS) is 25.7. The first-order chi connectivity index (χ1) is 9.93. The largest absolute Gasteiger partial charge is 0.496 e. The number of ether oxygens (including phenoxy) is 1. The molecular formula is C18H27NO2. The summed E-state index contributed by atoms with van der Waals surface area (Å²) in [6.45, 7) is 6.66. The van der Waals surface area contributed by atoms with Crippen LogP contribution in [0.1, 0.15) is 54.1 Å². The van der Waals surface area contributed by atoms with Gasteiger partial charge in [-0.25, -0.2) is 0 Å². The fourth-order valence-corrected chi connectivity index (χ4v) is 3.38. The molecular weight excluding hydrogens is 262 g/mol. The molecule has 1 aliphatic carbocycles. The van der Waals surface area contributed by atoms with E-state index in [-0.39, 0.29) is 11.2 Å². The Morgan fingerprint density at radius 3 is 2.43 bits per heavy atom. The van der Waals surface area contributed by atoms with Crippen molar-refractivity contribution in [3.05, 3.63) is 28.8 Å². The summed E-state index contributed by atoms with van der Waals surface area (Å²) < 4.78 is 5.34. The number of carbonyl (C=O) groups is 1. The topological polar surface area (TPSA) is 52.3 Å². The van der Waals surface area contributed by atoms with Gasteiger partial charge in [0.25, 0.3) is 0 Å². The fraction of sp³-hybridized carbons (Fsp3) is 0.611. The van der Waals surface area contributed by atoms with Crippen LogP contribution in [0, 0.1) is 25.2 Å². The second-order valence-electron chi connectivity index (χ2n) is 6.63. The zero-order valence-electron chi connectivity index (χ0n) is 13.7. The van der Waals surface area contributed by atoms with Gasteiger partial charge in [-0.05, 0) is 68.7 Å². The Labute approximate surface area is 127 Å². The number of carbonyl (C=O) groups excluding carboxylic acids is 1. The van der Waals surface area contributed by atoms with Crippen molar-refractivity contribution < 1.29 is 9.53 Å². The predicted molar refractivity (Wildman–Crippen MR) is 85.9 cm³/mol. The number of nitrogens with two attached hydrogens (primary N) is 1. The van der Waals surface area contributed by atoms with E-state index in [1.54, 1.807) is 7.11 Å². The van der Waals surface area contributed by atoms with Gasteiger partial charge in [0.2, 0.25) is 0 Å². The highest BCUT2D eigenvalue weighted by atomic mass is 16.5. The first-order valence-electron chi connectivity index (χ1n) is 7.83. The van der Waals surface area contributed by atoms with Crippen molar-refractivity contribution in [1.29, 1.82) is 0 Å². The molecule has 3 nitrogen and oxygen atoms in total. The molecule has 1 saturated carbocycles. The Morgan fingerprint density at radius 1 is 1.29 bits per heavy atom. The molecule has 0 spiro atoms. The molecule has 0 heterocycles. The van der Waals surface area contributed by atoms with Crippen LogP contribution in [0.25, 0.3) is 0 Å². The molecule has 2 N–H and O–H groups in total. The predicted octanol–water partition coefficient (Wildman–Crippen LogP) is 3.65. The van der Waals surface area contributed by atoms with Crippen LogP contribution in [-0.2, 0) is 0 Å². The van der Waals surface area contributed by atoms with Crippen LogP contribution in [0.3, 0.4) is 0 Å². The standard InChI is InChI=1S/C18H27NO2/c1-12-5-7-18(11-19,8-6-12)17(20)15-9-14(3)16(21-4)10-13(15)2/h9-10,12H,5-8,11,19H2,1-4H3. The Kier molecular flexibility index (Phi) is 4.72. The summed E-state index contributed by atoms with van der Waals surface area (Å²) in [4.78, 5) is 13.1. The Bertz CT molecular complexity index is 528. The minimum absolute atomic E-state index is 0.222. The molecule has 1 aliphatic rings. The Morgan fingerprint density at radius 2 is 1.90 bits per heavy atom. The summed E-state index contributed by atoms with van der Waals surface area (Å²) >= 11 is 0. The van der Waals surface area contributed by atoms with Crippen molar-refractivity contribution in [3.8, 4) is 5.75 Å². The van der Waals surface area contributed by atoms with Crippen LogP contribution in [0.2, 0.25) is 0 Å². The summed E-state index contributed by atoms with van der Waals surface area (Å²) in [6.07, 6.45) is 4.01. The first kappa shape index (κ1) is 16.0. The van der Waals surface area contributed by atoms with E-state index in [4.69, 9.17) is 10.5 Å². The SMILES string of the molecule is COc1cc(C)c(C(=O)C2(CN)CCC(C)CC2)cc1C. The lowest BCUT2D eigenvalue weighted by Crippen LogP contribution is -2.42. The minimum Gasteiger partial charge on any atom is -0.496 e. The molecule has 0 amide bonds. The third-order valence-electron chi connectivity index (χ3n) is 5.09. The number of aryl methyl sites for hydroxylation is 2. The van der Waals surface area contributed by atoms with Gasteiger partial charge < -0.3 is 10.5 Å². The highest BCUT2D eigenvalue weighted by Crippen LogP contribution is 2.41. The average Bonchev–Trinajstić information content (AvgIpc) is 2.49. The average molecular weight is 289 g/mol. The highest BCUT2D eigenvalue weighted by Gasteiger charge is 2.40. The maximum Gasteiger partial charge on any atom is 0.170 e. The molecule has 21 heavy (non-hydrogen) atoms. The maximum absolute atomic E-state index is 13.1. The van der Waals surface area contributed by atoms with E-state index < -0.39 is 0 Å². The first-order valence-corrected chi connectivity index (χ1v) is 7.83. The van der Waals surface area contributed by atoms with Gasteiger partial charge in [0, 0.05) is 17.5 Å². The Hall–Kier alpha value is -1.35. The third-order valence-corrected chi connectivity index (χ3v) is 5.09. The molecule has 0 unspecified atom stereocenters. The lowest BCUT2D eigenvalue weighted by Gasteiger charge is -2.37. The van der Waals surface area contributed by atoms with Gasteiger partial charge >= 0.3 is 0 Å². The van der Waals surface area contributed by atoms with E-state index in [0.29, 0.717) is 12.5 Å².